The summed E-state index contributed by atoms with van der Waals surface area (Å²) in [7, 11) is 0. The van der Waals surface area contributed by atoms with Crippen LogP contribution in [0.1, 0.15) is 21.8 Å². The number of nitrogens with zero attached hydrogens (tertiary/aromatic N) is 3. The maximum absolute atomic E-state index is 13.6. The third-order valence-electron chi connectivity index (χ3n) is 5.81. The normalized spacial score (nSPS) is 11.7. The molecule has 0 spiro atoms. The van der Waals surface area contributed by atoms with E-state index in [4.69, 9.17) is 4.52 Å². The van der Waals surface area contributed by atoms with Gasteiger partial charge in [-0.1, -0.05) is 5.16 Å². The Morgan fingerprint density at radius 1 is 1.05 bits per heavy atom. The molecule has 188 valence electrons. The Balaban J connectivity index is 1.81. The molecule has 3 heterocycles. The van der Waals surface area contributed by atoms with Gasteiger partial charge in [-0.05, 0) is 62.4 Å². The lowest BCUT2D eigenvalue weighted by molar-refractivity contribution is -0.274. The molecular formula is C26H17F4N3O4. The maximum atomic E-state index is 13.6. The molecule has 1 N–H and O–H groups in total. The second-order valence-electron chi connectivity index (χ2n) is 8.25. The summed E-state index contributed by atoms with van der Waals surface area (Å²) in [4.78, 5) is 16.0. The number of carboxylic acid groups (broad SMARTS) is 1. The van der Waals surface area contributed by atoms with Crippen molar-refractivity contribution in [2.45, 2.75) is 20.2 Å². The molecule has 0 saturated heterocycles. The highest BCUT2D eigenvalue weighted by molar-refractivity contribution is 6.00. The largest absolute Gasteiger partial charge is 0.573 e. The summed E-state index contributed by atoms with van der Waals surface area (Å²) in [6.45, 7) is 3.48. The summed E-state index contributed by atoms with van der Waals surface area (Å²) in [5, 5.41) is 13.7. The molecule has 0 amide bonds. The first-order chi connectivity index (χ1) is 17.5. The summed E-state index contributed by atoms with van der Waals surface area (Å²) < 4.78 is 64.5. The fourth-order valence-electron chi connectivity index (χ4n) is 4.24. The summed E-state index contributed by atoms with van der Waals surface area (Å²) in [5.41, 5.74) is 2.69. The standard InChI is InChI=1S/C26H17F4N3O4/c1-13-23(14(2)37-32-13)16-9-20-21(12-33(24(20)31-11-16)18-6-4-17(27)5-7-18)19-8-3-15(25(34)35)10-22(19)36-26(28,29)30/h3-12H,1-2H3,(H,34,35). The van der Waals surface area contributed by atoms with Gasteiger partial charge in [0.1, 0.15) is 23.0 Å². The predicted octanol–water partition coefficient (Wildman–Crippen LogP) is 6.70. The van der Waals surface area contributed by atoms with E-state index in [1.165, 1.54) is 36.4 Å². The minimum absolute atomic E-state index is 0.00843. The Bertz CT molecular complexity index is 1630. The monoisotopic (exact) mass is 511 g/mol. The van der Waals surface area contributed by atoms with Crippen LogP contribution in [0, 0.1) is 19.7 Å². The number of ether oxygens (including phenoxy) is 1. The lowest BCUT2D eigenvalue weighted by Gasteiger charge is -2.14. The second kappa shape index (κ2) is 8.77. The number of aromatic nitrogens is 3. The molecule has 0 aliphatic heterocycles. The number of halogens is 4. The van der Waals surface area contributed by atoms with E-state index >= 15 is 0 Å². The Morgan fingerprint density at radius 2 is 1.78 bits per heavy atom. The van der Waals surface area contributed by atoms with Crippen molar-refractivity contribution in [1.29, 1.82) is 0 Å². The van der Waals surface area contributed by atoms with Crippen LogP contribution in [0.2, 0.25) is 0 Å². The second-order valence-corrected chi connectivity index (χ2v) is 8.25. The van der Waals surface area contributed by atoms with Crippen LogP contribution in [-0.2, 0) is 0 Å². The van der Waals surface area contributed by atoms with Gasteiger partial charge in [-0.25, -0.2) is 14.2 Å². The number of hydrogen-bond donors (Lipinski definition) is 1. The summed E-state index contributed by atoms with van der Waals surface area (Å²) in [6, 6.07) is 10.5. The van der Waals surface area contributed by atoms with E-state index in [9.17, 15) is 27.5 Å². The topological polar surface area (TPSA) is 90.4 Å². The Labute approximate surface area is 206 Å². The molecule has 3 aromatic heterocycles. The van der Waals surface area contributed by atoms with Crippen LogP contribution in [0.4, 0.5) is 17.6 Å². The fraction of sp³-hybridized carbons (Fsp3) is 0.115. The third kappa shape index (κ3) is 4.51. The minimum atomic E-state index is -5.07. The average molecular weight is 511 g/mol. The molecule has 5 rings (SSSR count). The molecule has 0 bridgehead atoms. The molecule has 0 fully saturated rings. The minimum Gasteiger partial charge on any atom is -0.478 e. The van der Waals surface area contributed by atoms with Gasteiger partial charge in [0.2, 0.25) is 0 Å². The SMILES string of the molecule is Cc1noc(C)c1-c1cnc2c(c1)c(-c1ccc(C(=O)O)cc1OC(F)(F)F)cn2-c1ccc(F)cc1. The maximum Gasteiger partial charge on any atom is 0.573 e. The van der Waals surface area contributed by atoms with Crippen molar-refractivity contribution in [2.75, 3.05) is 0 Å². The highest BCUT2D eigenvalue weighted by Crippen LogP contribution is 2.41. The first-order valence-electron chi connectivity index (χ1n) is 10.9. The number of rotatable bonds is 5. The number of benzene rings is 2. The van der Waals surface area contributed by atoms with Gasteiger partial charge in [0.25, 0.3) is 0 Å². The molecule has 0 radical (unpaired) electrons. The molecule has 37 heavy (non-hydrogen) atoms. The van der Waals surface area contributed by atoms with E-state index < -0.39 is 23.9 Å². The van der Waals surface area contributed by atoms with Gasteiger partial charge in [-0.3, -0.25) is 0 Å². The molecule has 7 nitrogen and oxygen atoms in total. The van der Waals surface area contributed by atoms with Gasteiger partial charge in [0, 0.05) is 45.7 Å². The fourth-order valence-corrected chi connectivity index (χ4v) is 4.24. The molecule has 5 aromatic rings. The van der Waals surface area contributed by atoms with E-state index in [2.05, 4.69) is 14.9 Å². The van der Waals surface area contributed by atoms with E-state index in [1.807, 2.05) is 0 Å². The van der Waals surface area contributed by atoms with E-state index in [0.717, 1.165) is 6.07 Å². The van der Waals surface area contributed by atoms with Crippen molar-refractivity contribution in [1.82, 2.24) is 14.7 Å². The van der Waals surface area contributed by atoms with Gasteiger partial charge in [-0.2, -0.15) is 0 Å². The zero-order valence-electron chi connectivity index (χ0n) is 19.3. The van der Waals surface area contributed by atoms with Crippen LogP contribution in [-0.4, -0.2) is 32.1 Å². The average Bonchev–Trinajstić information content (AvgIpc) is 3.37. The molecule has 0 saturated carbocycles. The quantitative estimate of drug-likeness (QED) is 0.264. The van der Waals surface area contributed by atoms with E-state index in [-0.39, 0.29) is 16.7 Å². The van der Waals surface area contributed by atoms with Crippen LogP contribution in [0.25, 0.3) is 39.0 Å². The van der Waals surface area contributed by atoms with Crippen molar-refractivity contribution >= 4 is 17.0 Å². The van der Waals surface area contributed by atoms with Crippen molar-refractivity contribution in [2.24, 2.45) is 0 Å². The summed E-state index contributed by atoms with van der Waals surface area (Å²) in [5.74, 6) is -2.02. The molecule has 0 aliphatic carbocycles. The van der Waals surface area contributed by atoms with Crippen LogP contribution in [0.15, 0.2) is 65.4 Å². The molecular weight excluding hydrogens is 494 g/mol. The first-order valence-corrected chi connectivity index (χ1v) is 10.9. The van der Waals surface area contributed by atoms with Crippen LogP contribution in [0.5, 0.6) is 5.75 Å². The van der Waals surface area contributed by atoms with Gasteiger partial charge in [0.15, 0.2) is 0 Å². The van der Waals surface area contributed by atoms with Crippen molar-refractivity contribution < 1.29 is 36.7 Å². The van der Waals surface area contributed by atoms with E-state index in [0.29, 0.717) is 39.3 Å². The van der Waals surface area contributed by atoms with Gasteiger partial charge in [-0.15, -0.1) is 13.2 Å². The molecule has 0 atom stereocenters. The zero-order valence-corrected chi connectivity index (χ0v) is 19.3. The van der Waals surface area contributed by atoms with E-state index in [1.54, 1.807) is 36.9 Å². The smallest absolute Gasteiger partial charge is 0.478 e. The third-order valence-corrected chi connectivity index (χ3v) is 5.81. The lowest BCUT2D eigenvalue weighted by atomic mass is 10.00. The van der Waals surface area contributed by atoms with Crippen LogP contribution >= 0.6 is 0 Å². The molecule has 11 heteroatoms. The lowest BCUT2D eigenvalue weighted by Crippen LogP contribution is -2.18. The van der Waals surface area contributed by atoms with Crippen LogP contribution < -0.4 is 4.74 Å². The Morgan fingerprint density at radius 3 is 2.41 bits per heavy atom. The van der Waals surface area contributed by atoms with Crippen molar-refractivity contribution in [3.63, 3.8) is 0 Å². The van der Waals surface area contributed by atoms with Crippen LogP contribution in [0.3, 0.4) is 0 Å². The number of carbonyl (C=O) groups is 1. The number of carboxylic acids is 1. The number of aryl methyl sites for hydroxylation is 2. The number of aromatic carboxylic acids is 1. The summed E-state index contributed by atoms with van der Waals surface area (Å²) in [6.07, 6.45) is -1.94. The first kappa shape index (κ1) is 24.0. The number of hydrogen-bond acceptors (Lipinski definition) is 5. The molecule has 2 aromatic carbocycles. The van der Waals surface area contributed by atoms with Crippen molar-refractivity contribution in [3.8, 4) is 33.7 Å². The van der Waals surface area contributed by atoms with Gasteiger partial charge in [0.05, 0.1) is 11.3 Å². The van der Waals surface area contributed by atoms with Gasteiger partial charge >= 0.3 is 12.3 Å². The predicted molar refractivity (Wildman–Crippen MR) is 125 cm³/mol. The number of fused-ring (bicyclic) bond motifs is 1. The highest BCUT2D eigenvalue weighted by atomic mass is 19.4. The Kier molecular flexibility index (Phi) is 5.70. The molecule has 0 aliphatic rings. The van der Waals surface area contributed by atoms with Crippen molar-refractivity contribution in [3.05, 3.63) is 83.8 Å². The number of alkyl halides is 3. The Hall–Kier alpha value is -4.67. The summed E-state index contributed by atoms with van der Waals surface area (Å²) >= 11 is 0. The van der Waals surface area contributed by atoms with Gasteiger partial charge < -0.3 is 18.9 Å². The molecule has 0 unspecified atom stereocenters. The number of pyridine rings is 1. The highest BCUT2D eigenvalue weighted by Gasteiger charge is 2.33. The zero-order chi connectivity index (χ0) is 26.5.